The molecule has 0 saturated heterocycles. The third-order valence-electron chi connectivity index (χ3n) is 4.14. The highest BCUT2D eigenvalue weighted by Crippen LogP contribution is 2.20. The van der Waals surface area contributed by atoms with Gasteiger partial charge in [-0.2, -0.15) is 9.78 Å². The maximum atomic E-state index is 13.0. The van der Waals surface area contributed by atoms with Crippen LogP contribution in [0.25, 0.3) is 16.5 Å². The first-order valence-electron chi connectivity index (χ1n) is 8.28. The molecule has 0 spiro atoms. The Kier molecular flexibility index (Phi) is 4.72. The van der Waals surface area contributed by atoms with Gasteiger partial charge in [-0.3, -0.25) is 9.59 Å². The van der Waals surface area contributed by atoms with E-state index in [0.717, 1.165) is 3.57 Å². The molecule has 6 heteroatoms. The summed E-state index contributed by atoms with van der Waals surface area (Å²) >= 11 is 2.16. The fourth-order valence-corrected chi connectivity index (χ4v) is 3.37. The van der Waals surface area contributed by atoms with Crippen molar-refractivity contribution in [2.75, 3.05) is 5.32 Å². The number of halogens is 1. The highest BCUT2D eigenvalue weighted by Gasteiger charge is 2.18. The van der Waals surface area contributed by atoms with E-state index in [0.29, 0.717) is 22.1 Å². The molecule has 0 saturated carbocycles. The second-order valence-electron chi connectivity index (χ2n) is 5.88. The van der Waals surface area contributed by atoms with Crippen LogP contribution in [0.1, 0.15) is 10.5 Å². The van der Waals surface area contributed by atoms with Crippen molar-refractivity contribution >= 4 is 45.0 Å². The molecule has 0 fully saturated rings. The van der Waals surface area contributed by atoms with Crippen LogP contribution in [-0.4, -0.2) is 15.7 Å². The molecule has 4 rings (SSSR count). The lowest BCUT2D eigenvalue weighted by molar-refractivity contribution is 0.102. The molecule has 27 heavy (non-hydrogen) atoms. The van der Waals surface area contributed by atoms with Crippen LogP contribution in [-0.2, 0) is 0 Å². The first-order valence-corrected chi connectivity index (χ1v) is 9.36. The molecule has 1 amide bonds. The van der Waals surface area contributed by atoms with E-state index in [2.05, 4.69) is 33.0 Å². The van der Waals surface area contributed by atoms with Crippen LogP contribution in [0.5, 0.6) is 0 Å². The van der Waals surface area contributed by atoms with Crippen molar-refractivity contribution in [3.8, 4) is 5.69 Å². The minimum absolute atomic E-state index is 0.203. The first-order chi connectivity index (χ1) is 13.1. The van der Waals surface area contributed by atoms with E-state index >= 15 is 0 Å². The number of para-hydroxylation sites is 2. The van der Waals surface area contributed by atoms with Gasteiger partial charge in [0, 0.05) is 8.96 Å². The van der Waals surface area contributed by atoms with Crippen molar-refractivity contribution in [1.82, 2.24) is 9.78 Å². The highest BCUT2D eigenvalue weighted by molar-refractivity contribution is 14.1. The maximum Gasteiger partial charge on any atom is 0.279 e. The van der Waals surface area contributed by atoms with Crippen molar-refractivity contribution < 1.29 is 4.79 Å². The minimum atomic E-state index is -0.361. The highest BCUT2D eigenvalue weighted by atomic mass is 127. The molecule has 4 aromatic rings. The molecule has 0 aliphatic carbocycles. The van der Waals surface area contributed by atoms with Crippen molar-refractivity contribution in [2.24, 2.45) is 0 Å². The molecular formula is C21H14IN3O2. The predicted octanol–water partition coefficient (Wildman–Crippen LogP) is 4.24. The Morgan fingerprint density at radius 1 is 0.852 bits per heavy atom. The number of nitrogens with one attached hydrogen (secondary N) is 1. The van der Waals surface area contributed by atoms with Crippen LogP contribution >= 0.6 is 22.6 Å². The fourth-order valence-electron chi connectivity index (χ4n) is 2.85. The van der Waals surface area contributed by atoms with Gasteiger partial charge in [0.2, 0.25) is 0 Å². The van der Waals surface area contributed by atoms with Crippen LogP contribution in [0.3, 0.4) is 0 Å². The van der Waals surface area contributed by atoms with Crippen LogP contribution < -0.4 is 10.9 Å². The molecule has 132 valence electrons. The second-order valence-corrected chi connectivity index (χ2v) is 7.04. The third-order valence-corrected chi connectivity index (χ3v) is 5.08. The van der Waals surface area contributed by atoms with Gasteiger partial charge in [0.05, 0.1) is 16.8 Å². The fraction of sp³-hybridized carbons (Fsp3) is 0. The van der Waals surface area contributed by atoms with Crippen LogP contribution in [0, 0.1) is 3.57 Å². The number of fused-ring (bicyclic) bond motifs is 1. The quantitative estimate of drug-likeness (QED) is 0.459. The van der Waals surface area contributed by atoms with Crippen molar-refractivity contribution in [3.63, 3.8) is 0 Å². The van der Waals surface area contributed by atoms with E-state index < -0.39 is 0 Å². The summed E-state index contributed by atoms with van der Waals surface area (Å²) in [6.45, 7) is 0. The van der Waals surface area contributed by atoms with Crippen molar-refractivity contribution in [3.05, 3.63) is 98.5 Å². The summed E-state index contributed by atoms with van der Waals surface area (Å²) in [5.74, 6) is -0.361. The zero-order valence-electron chi connectivity index (χ0n) is 14.1. The van der Waals surface area contributed by atoms with E-state index in [-0.39, 0.29) is 17.2 Å². The van der Waals surface area contributed by atoms with E-state index in [1.165, 1.54) is 4.68 Å². The minimum Gasteiger partial charge on any atom is -0.320 e. The van der Waals surface area contributed by atoms with Gasteiger partial charge >= 0.3 is 0 Å². The molecule has 5 nitrogen and oxygen atoms in total. The van der Waals surface area contributed by atoms with E-state index in [1.54, 1.807) is 36.4 Å². The van der Waals surface area contributed by atoms with Gasteiger partial charge in [-0.05, 0) is 52.9 Å². The third kappa shape index (κ3) is 3.35. The number of amides is 1. The Morgan fingerprint density at radius 2 is 1.48 bits per heavy atom. The normalized spacial score (nSPS) is 10.7. The number of anilines is 1. The molecule has 0 aliphatic rings. The van der Waals surface area contributed by atoms with Crippen LogP contribution in [0.4, 0.5) is 5.69 Å². The molecule has 1 N–H and O–H groups in total. The van der Waals surface area contributed by atoms with E-state index in [1.807, 2.05) is 42.5 Å². The monoisotopic (exact) mass is 467 g/mol. The average Bonchev–Trinajstić information content (AvgIpc) is 2.71. The van der Waals surface area contributed by atoms with Gasteiger partial charge in [0.25, 0.3) is 11.5 Å². The Balaban J connectivity index is 1.89. The summed E-state index contributed by atoms with van der Waals surface area (Å²) in [5.41, 5.74) is 1.25. The first kappa shape index (κ1) is 17.4. The largest absolute Gasteiger partial charge is 0.320 e. The molecule has 0 aliphatic heterocycles. The second kappa shape index (κ2) is 7.32. The Bertz CT molecular complexity index is 1200. The molecule has 3 aromatic carbocycles. The SMILES string of the molecule is O=C(Nc1ccccc1I)c1nn(-c2ccccc2)c(=O)c2ccccc12. The lowest BCUT2D eigenvalue weighted by atomic mass is 10.1. The molecule has 0 bridgehead atoms. The summed E-state index contributed by atoms with van der Waals surface area (Å²) in [7, 11) is 0. The number of nitrogens with zero attached hydrogens (tertiary/aromatic N) is 2. The number of hydrogen-bond donors (Lipinski definition) is 1. The number of rotatable bonds is 3. The van der Waals surface area contributed by atoms with E-state index in [4.69, 9.17) is 0 Å². The van der Waals surface area contributed by atoms with Gasteiger partial charge in [-0.25, -0.2) is 0 Å². The lowest BCUT2D eigenvalue weighted by Gasteiger charge is -2.12. The Labute approximate surface area is 168 Å². The Morgan fingerprint density at radius 3 is 2.22 bits per heavy atom. The van der Waals surface area contributed by atoms with Gasteiger partial charge in [-0.1, -0.05) is 48.5 Å². The lowest BCUT2D eigenvalue weighted by Crippen LogP contribution is -2.26. The average molecular weight is 467 g/mol. The number of aromatic nitrogens is 2. The summed E-state index contributed by atoms with van der Waals surface area (Å²) in [5, 5.41) is 8.25. The maximum absolute atomic E-state index is 13.0. The van der Waals surface area contributed by atoms with Crippen LogP contribution in [0.2, 0.25) is 0 Å². The zero-order chi connectivity index (χ0) is 18.8. The van der Waals surface area contributed by atoms with Gasteiger partial charge < -0.3 is 5.32 Å². The molecule has 0 radical (unpaired) electrons. The van der Waals surface area contributed by atoms with Gasteiger partial charge in [0.15, 0.2) is 5.69 Å². The smallest absolute Gasteiger partial charge is 0.279 e. The van der Waals surface area contributed by atoms with E-state index in [9.17, 15) is 9.59 Å². The number of carbonyl (C=O) groups is 1. The number of benzene rings is 3. The van der Waals surface area contributed by atoms with Crippen molar-refractivity contribution in [2.45, 2.75) is 0 Å². The zero-order valence-corrected chi connectivity index (χ0v) is 16.3. The van der Waals surface area contributed by atoms with Crippen LogP contribution in [0.15, 0.2) is 83.7 Å². The van der Waals surface area contributed by atoms with Crippen molar-refractivity contribution in [1.29, 1.82) is 0 Å². The number of hydrogen-bond acceptors (Lipinski definition) is 3. The topological polar surface area (TPSA) is 64.0 Å². The molecule has 0 unspecified atom stereocenters. The summed E-state index contributed by atoms with van der Waals surface area (Å²) in [4.78, 5) is 25.9. The number of carbonyl (C=O) groups excluding carboxylic acids is 1. The summed E-state index contributed by atoms with van der Waals surface area (Å²) in [6.07, 6.45) is 0. The summed E-state index contributed by atoms with van der Waals surface area (Å²) < 4.78 is 2.19. The standard InChI is InChI=1S/C21H14IN3O2/c22-17-12-6-7-13-18(17)23-20(26)19-15-10-4-5-11-16(15)21(27)25(24-19)14-8-2-1-3-9-14/h1-13H,(H,23,26). The van der Waals surface area contributed by atoms with Gasteiger partial charge in [-0.15, -0.1) is 0 Å². The van der Waals surface area contributed by atoms with Gasteiger partial charge in [0.1, 0.15) is 0 Å². The molecular weight excluding hydrogens is 453 g/mol. The molecule has 1 aromatic heterocycles. The summed E-state index contributed by atoms with van der Waals surface area (Å²) in [6, 6.07) is 23.6. The Hall–Kier alpha value is -3.00. The molecule has 0 atom stereocenters. The molecule has 1 heterocycles. The predicted molar refractivity (Wildman–Crippen MR) is 114 cm³/mol.